The van der Waals surface area contributed by atoms with Gasteiger partial charge in [-0.25, -0.2) is 8.78 Å². The lowest BCUT2D eigenvalue weighted by molar-refractivity contribution is 0.0917. The number of hydrogen-bond acceptors (Lipinski definition) is 2. The second kappa shape index (κ2) is 7.98. The second-order valence-electron chi connectivity index (χ2n) is 7.00. The summed E-state index contributed by atoms with van der Waals surface area (Å²) >= 11 is 0. The standard InChI is InChI=1S/C20H24F2N2O2/c1-2-3-9-24-18(19(25)23-14-7-5-4-6-8-14)11-13-10-16(21)17(22)12-15(13)20(24)26/h10-12,14H,2-9H2,1H3,(H,23,25). The van der Waals surface area contributed by atoms with Crippen LogP contribution in [-0.2, 0) is 6.54 Å². The van der Waals surface area contributed by atoms with Crippen LogP contribution in [0.1, 0.15) is 62.4 Å². The number of aromatic nitrogens is 1. The number of hydrogen-bond donors (Lipinski definition) is 1. The summed E-state index contributed by atoms with van der Waals surface area (Å²) in [6, 6.07) is 3.49. The van der Waals surface area contributed by atoms with E-state index in [4.69, 9.17) is 0 Å². The van der Waals surface area contributed by atoms with Crippen LogP contribution in [0.3, 0.4) is 0 Å². The molecule has 6 heteroatoms. The lowest BCUT2D eigenvalue weighted by Crippen LogP contribution is -2.39. The Hall–Kier alpha value is -2.24. The van der Waals surface area contributed by atoms with Crippen LogP contribution in [0.2, 0.25) is 0 Å². The largest absolute Gasteiger partial charge is 0.348 e. The van der Waals surface area contributed by atoms with Gasteiger partial charge in [-0.15, -0.1) is 0 Å². The average molecular weight is 362 g/mol. The molecule has 3 rings (SSSR count). The maximum Gasteiger partial charge on any atom is 0.268 e. The molecule has 4 nitrogen and oxygen atoms in total. The van der Waals surface area contributed by atoms with E-state index in [2.05, 4.69) is 5.32 Å². The molecule has 26 heavy (non-hydrogen) atoms. The van der Waals surface area contributed by atoms with Crippen LogP contribution in [0.15, 0.2) is 23.0 Å². The Labute approximate surface area is 151 Å². The van der Waals surface area contributed by atoms with Gasteiger partial charge >= 0.3 is 0 Å². The molecule has 1 saturated carbocycles. The zero-order valence-corrected chi connectivity index (χ0v) is 15.0. The van der Waals surface area contributed by atoms with Crippen molar-refractivity contribution in [1.29, 1.82) is 0 Å². The van der Waals surface area contributed by atoms with Crippen molar-refractivity contribution in [3.05, 3.63) is 45.9 Å². The van der Waals surface area contributed by atoms with E-state index in [0.29, 0.717) is 6.54 Å². The van der Waals surface area contributed by atoms with Gasteiger partial charge in [0.05, 0.1) is 5.39 Å². The third kappa shape index (κ3) is 3.79. The molecular weight excluding hydrogens is 338 g/mol. The Balaban J connectivity index is 2.04. The van der Waals surface area contributed by atoms with Crippen molar-refractivity contribution in [2.24, 2.45) is 0 Å². The fourth-order valence-electron chi connectivity index (χ4n) is 3.58. The predicted octanol–water partition coefficient (Wildman–Crippen LogP) is 4.14. The summed E-state index contributed by atoms with van der Waals surface area (Å²) in [5.74, 6) is -2.41. The van der Waals surface area contributed by atoms with Crippen molar-refractivity contribution in [2.75, 3.05) is 0 Å². The normalized spacial score (nSPS) is 15.3. The molecular formula is C20H24F2N2O2. The molecule has 140 valence electrons. The number of carbonyl (C=O) groups excluding carboxylic acids is 1. The minimum Gasteiger partial charge on any atom is -0.348 e. The zero-order chi connectivity index (χ0) is 18.7. The second-order valence-corrected chi connectivity index (χ2v) is 7.00. The van der Waals surface area contributed by atoms with Gasteiger partial charge in [-0.1, -0.05) is 32.6 Å². The van der Waals surface area contributed by atoms with Gasteiger partial charge in [0.25, 0.3) is 11.5 Å². The van der Waals surface area contributed by atoms with E-state index in [9.17, 15) is 18.4 Å². The van der Waals surface area contributed by atoms with Gasteiger partial charge in [-0.2, -0.15) is 0 Å². The first-order valence-corrected chi connectivity index (χ1v) is 9.34. The van der Waals surface area contributed by atoms with Crippen molar-refractivity contribution in [3.8, 4) is 0 Å². The van der Waals surface area contributed by atoms with Crippen LogP contribution in [0, 0.1) is 11.6 Å². The van der Waals surface area contributed by atoms with Crippen molar-refractivity contribution < 1.29 is 13.6 Å². The van der Waals surface area contributed by atoms with Crippen LogP contribution >= 0.6 is 0 Å². The van der Waals surface area contributed by atoms with Crippen LogP contribution in [0.25, 0.3) is 10.8 Å². The average Bonchev–Trinajstić information content (AvgIpc) is 2.63. The number of halogens is 2. The van der Waals surface area contributed by atoms with E-state index < -0.39 is 17.2 Å². The molecule has 1 aromatic heterocycles. The van der Waals surface area contributed by atoms with E-state index >= 15 is 0 Å². The number of rotatable bonds is 5. The minimum atomic E-state index is -1.06. The molecule has 0 unspecified atom stereocenters. The first kappa shape index (κ1) is 18.5. The molecule has 0 saturated heterocycles. The van der Waals surface area contributed by atoms with E-state index in [-0.39, 0.29) is 28.4 Å². The summed E-state index contributed by atoms with van der Waals surface area (Å²) in [4.78, 5) is 25.6. The maximum atomic E-state index is 13.6. The summed E-state index contributed by atoms with van der Waals surface area (Å²) in [6.07, 6.45) is 6.77. The number of nitrogens with zero attached hydrogens (tertiary/aromatic N) is 1. The maximum absolute atomic E-state index is 13.6. The van der Waals surface area contributed by atoms with Gasteiger partial charge in [0, 0.05) is 12.6 Å². The van der Waals surface area contributed by atoms with Crippen LogP contribution < -0.4 is 10.9 Å². The van der Waals surface area contributed by atoms with Crippen molar-refractivity contribution in [1.82, 2.24) is 9.88 Å². The quantitative estimate of drug-likeness (QED) is 0.869. The fourth-order valence-corrected chi connectivity index (χ4v) is 3.58. The van der Waals surface area contributed by atoms with Crippen LogP contribution in [-0.4, -0.2) is 16.5 Å². The lowest BCUT2D eigenvalue weighted by Gasteiger charge is -2.23. The molecule has 1 fully saturated rings. The van der Waals surface area contributed by atoms with Gasteiger partial charge in [-0.05, 0) is 42.8 Å². The van der Waals surface area contributed by atoms with Gasteiger partial charge in [0.2, 0.25) is 0 Å². The van der Waals surface area contributed by atoms with Gasteiger partial charge in [0.15, 0.2) is 11.6 Å². The van der Waals surface area contributed by atoms with E-state index in [1.807, 2.05) is 6.92 Å². The minimum absolute atomic E-state index is 0.0919. The summed E-state index contributed by atoms with van der Waals surface area (Å²) in [5, 5.41) is 3.34. The molecule has 1 aliphatic carbocycles. The number of pyridine rings is 1. The highest BCUT2D eigenvalue weighted by Gasteiger charge is 2.21. The number of carbonyl (C=O) groups is 1. The first-order chi connectivity index (χ1) is 12.5. The summed E-state index contributed by atoms with van der Waals surface area (Å²) in [7, 11) is 0. The third-order valence-electron chi connectivity index (χ3n) is 5.06. The highest BCUT2D eigenvalue weighted by Crippen LogP contribution is 2.20. The molecule has 2 aromatic rings. The summed E-state index contributed by atoms with van der Waals surface area (Å²) in [5.41, 5.74) is -0.240. The molecule has 1 aliphatic rings. The topological polar surface area (TPSA) is 51.1 Å². The highest BCUT2D eigenvalue weighted by atomic mass is 19.2. The van der Waals surface area contributed by atoms with Gasteiger partial charge in [-0.3, -0.25) is 9.59 Å². The summed E-state index contributed by atoms with van der Waals surface area (Å²) in [6.45, 7) is 2.36. The Kier molecular flexibility index (Phi) is 5.69. The summed E-state index contributed by atoms with van der Waals surface area (Å²) < 4.78 is 28.6. The highest BCUT2D eigenvalue weighted by molar-refractivity contribution is 5.96. The molecule has 0 bridgehead atoms. The third-order valence-corrected chi connectivity index (χ3v) is 5.06. The molecule has 1 aromatic carbocycles. The Bertz CT molecular complexity index is 870. The fraction of sp³-hybridized carbons (Fsp3) is 0.500. The molecule has 1 N–H and O–H groups in total. The number of unbranched alkanes of at least 4 members (excludes halogenated alkanes) is 1. The van der Waals surface area contributed by atoms with E-state index in [0.717, 1.165) is 50.7 Å². The molecule has 0 atom stereocenters. The van der Waals surface area contributed by atoms with Crippen molar-refractivity contribution in [3.63, 3.8) is 0 Å². The Morgan fingerprint density at radius 1 is 1.15 bits per heavy atom. The first-order valence-electron chi connectivity index (χ1n) is 9.34. The SMILES string of the molecule is CCCCn1c(C(=O)NC2CCCCC2)cc2cc(F)c(F)cc2c1=O. The zero-order valence-electron chi connectivity index (χ0n) is 15.0. The monoisotopic (exact) mass is 362 g/mol. The van der Waals surface area contributed by atoms with E-state index in [1.54, 1.807) is 0 Å². The number of nitrogens with one attached hydrogen (secondary N) is 1. The van der Waals surface area contributed by atoms with E-state index in [1.165, 1.54) is 17.1 Å². The van der Waals surface area contributed by atoms with Crippen molar-refractivity contribution in [2.45, 2.75) is 64.5 Å². The number of benzene rings is 1. The molecule has 0 aliphatic heterocycles. The Morgan fingerprint density at radius 3 is 2.54 bits per heavy atom. The Morgan fingerprint density at radius 2 is 1.85 bits per heavy atom. The number of fused-ring (bicyclic) bond motifs is 1. The smallest absolute Gasteiger partial charge is 0.268 e. The predicted molar refractivity (Wildman–Crippen MR) is 97.4 cm³/mol. The molecule has 0 radical (unpaired) electrons. The van der Waals surface area contributed by atoms with Crippen LogP contribution in [0.4, 0.5) is 8.78 Å². The molecule has 0 spiro atoms. The lowest BCUT2D eigenvalue weighted by atomic mass is 9.95. The number of amides is 1. The van der Waals surface area contributed by atoms with Gasteiger partial charge in [0.1, 0.15) is 5.69 Å². The van der Waals surface area contributed by atoms with Crippen LogP contribution in [0.5, 0.6) is 0 Å². The molecule has 1 heterocycles. The van der Waals surface area contributed by atoms with Crippen molar-refractivity contribution >= 4 is 16.7 Å². The molecule has 1 amide bonds. The van der Waals surface area contributed by atoms with Gasteiger partial charge < -0.3 is 9.88 Å².